The number of rotatable bonds is 5. The molecular formula is C17H28N4O3. The Kier molecular flexibility index (Phi) is 5.08. The van der Waals surface area contributed by atoms with Crippen molar-refractivity contribution in [2.45, 2.75) is 76.8 Å². The van der Waals surface area contributed by atoms with E-state index < -0.39 is 0 Å². The Morgan fingerprint density at radius 3 is 2.83 bits per heavy atom. The van der Waals surface area contributed by atoms with E-state index in [2.05, 4.69) is 20.8 Å². The fourth-order valence-corrected chi connectivity index (χ4v) is 3.90. The molecule has 1 aromatic rings. The van der Waals surface area contributed by atoms with Crippen LogP contribution < -0.4 is 10.6 Å². The van der Waals surface area contributed by atoms with E-state index in [-0.39, 0.29) is 30.1 Å². The molecule has 2 fully saturated rings. The summed E-state index contributed by atoms with van der Waals surface area (Å²) in [7, 11) is 0. The van der Waals surface area contributed by atoms with E-state index in [1.807, 2.05) is 13.8 Å². The minimum absolute atomic E-state index is 0.00793. The molecule has 2 aliphatic rings. The fraction of sp³-hybridized carbons (Fsp3) is 0.824. The van der Waals surface area contributed by atoms with Gasteiger partial charge in [-0.05, 0) is 32.6 Å². The molecular weight excluding hydrogens is 308 g/mol. The molecule has 1 aromatic heterocycles. The van der Waals surface area contributed by atoms with Crippen LogP contribution in [0.1, 0.15) is 82.5 Å². The van der Waals surface area contributed by atoms with Gasteiger partial charge in [-0.2, -0.15) is 4.98 Å². The van der Waals surface area contributed by atoms with Gasteiger partial charge >= 0.3 is 6.03 Å². The maximum Gasteiger partial charge on any atom is 0.315 e. The first-order valence-electron chi connectivity index (χ1n) is 9.03. The number of carbonyl (C=O) groups is 1. The molecule has 0 bridgehead atoms. The second kappa shape index (κ2) is 7.09. The highest BCUT2D eigenvalue weighted by Crippen LogP contribution is 2.37. The molecule has 0 aliphatic heterocycles. The Balaban J connectivity index is 1.54. The second-order valence-corrected chi connectivity index (χ2v) is 7.57. The van der Waals surface area contributed by atoms with E-state index in [0.717, 1.165) is 37.9 Å². The smallest absolute Gasteiger partial charge is 0.315 e. The molecule has 0 spiro atoms. The van der Waals surface area contributed by atoms with Crippen LogP contribution in [-0.4, -0.2) is 33.9 Å². The largest absolute Gasteiger partial charge is 0.396 e. The second-order valence-electron chi connectivity index (χ2n) is 7.57. The van der Waals surface area contributed by atoms with E-state index in [4.69, 9.17) is 4.52 Å². The van der Waals surface area contributed by atoms with E-state index in [9.17, 15) is 9.90 Å². The topological polar surface area (TPSA) is 100 Å². The molecule has 0 aromatic carbocycles. The zero-order valence-electron chi connectivity index (χ0n) is 14.5. The maximum atomic E-state index is 12.3. The van der Waals surface area contributed by atoms with Crippen molar-refractivity contribution >= 4 is 6.03 Å². The number of hydrogen-bond acceptors (Lipinski definition) is 5. The van der Waals surface area contributed by atoms with Crippen LogP contribution in [0.25, 0.3) is 0 Å². The zero-order chi connectivity index (χ0) is 17.2. The lowest BCUT2D eigenvalue weighted by Crippen LogP contribution is -2.49. The molecule has 0 radical (unpaired) electrons. The molecule has 3 unspecified atom stereocenters. The Bertz CT molecular complexity index is 570. The van der Waals surface area contributed by atoms with Crippen molar-refractivity contribution in [3.63, 3.8) is 0 Å². The summed E-state index contributed by atoms with van der Waals surface area (Å²) in [5.41, 5.74) is -0.235. The van der Waals surface area contributed by atoms with Gasteiger partial charge < -0.3 is 20.3 Å². The average molecular weight is 336 g/mol. The first-order chi connectivity index (χ1) is 11.5. The van der Waals surface area contributed by atoms with Crippen molar-refractivity contribution in [2.75, 3.05) is 6.61 Å². The van der Waals surface area contributed by atoms with E-state index in [1.54, 1.807) is 0 Å². The third kappa shape index (κ3) is 3.55. The average Bonchev–Trinajstić information content (AvgIpc) is 3.28. The van der Waals surface area contributed by atoms with Crippen LogP contribution >= 0.6 is 0 Å². The predicted octanol–water partition coefficient (Wildman–Crippen LogP) is 2.64. The Labute approximate surface area is 142 Å². The monoisotopic (exact) mass is 336 g/mol. The molecule has 24 heavy (non-hydrogen) atoms. The SMILES string of the molecule is CC(NC(=O)NC1CCCC1(C)CO)c1nc(C2CCCC2)no1. The van der Waals surface area contributed by atoms with Gasteiger partial charge in [0.2, 0.25) is 5.89 Å². The van der Waals surface area contributed by atoms with Gasteiger partial charge in [0.15, 0.2) is 5.82 Å². The van der Waals surface area contributed by atoms with Crippen molar-refractivity contribution in [1.29, 1.82) is 0 Å². The summed E-state index contributed by atoms with van der Waals surface area (Å²) < 4.78 is 5.33. The Morgan fingerprint density at radius 2 is 2.12 bits per heavy atom. The number of amides is 2. The van der Waals surface area contributed by atoms with Crippen molar-refractivity contribution in [3.8, 4) is 0 Å². The molecule has 2 saturated carbocycles. The molecule has 3 N–H and O–H groups in total. The standard InChI is InChI=1S/C17H28N4O3/c1-11(15-20-14(21-24-15)12-6-3-4-7-12)18-16(23)19-13-8-5-9-17(13,2)10-22/h11-13,22H,3-10H2,1-2H3,(H2,18,19,23). The van der Waals surface area contributed by atoms with Crippen LogP contribution in [0.5, 0.6) is 0 Å². The molecule has 7 heteroatoms. The van der Waals surface area contributed by atoms with E-state index in [1.165, 1.54) is 12.8 Å². The van der Waals surface area contributed by atoms with Gasteiger partial charge in [-0.3, -0.25) is 0 Å². The van der Waals surface area contributed by atoms with Crippen LogP contribution in [0.4, 0.5) is 4.79 Å². The Hall–Kier alpha value is -1.63. The number of aliphatic hydroxyl groups is 1. The molecule has 0 saturated heterocycles. The van der Waals surface area contributed by atoms with E-state index in [0.29, 0.717) is 11.8 Å². The minimum Gasteiger partial charge on any atom is -0.396 e. The lowest BCUT2D eigenvalue weighted by molar-refractivity contribution is 0.120. The lowest BCUT2D eigenvalue weighted by Gasteiger charge is -2.30. The fourth-order valence-electron chi connectivity index (χ4n) is 3.90. The molecule has 7 nitrogen and oxygen atoms in total. The summed E-state index contributed by atoms with van der Waals surface area (Å²) in [6.45, 7) is 3.94. The molecule has 134 valence electrons. The predicted molar refractivity (Wildman–Crippen MR) is 88.4 cm³/mol. The number of hydrogen-bond donors (Lipinski definition) is 3. The van der Waals surface area contributed by atoms with Crippen molar-refractivity contribution in [1.82, 2.24) is 20.8 Å². The van der Waals surface area contributed by atoms with Crippen LogP contribution in [0.3, 0.4) is 0 Å². The molecule has 2 aliphatic carbocycles. The first kappa shape index (κ1) is 17.2. The van der Waals surface area contributed by atoms with Crippen LogP contribution in [0.2, 0.25) is 0 Å². The van der Waals surface area contributed by atoms with Gasteiger partial charge in [0.05, 0.1) is 6.61 Å². The number of nitrogens with one attached hydrogen (secondary N) is 2. The third-order valence-electron chi connectivity index (χ3n) is 5.64. The number of carbonyl (C=O) groups excluding carboxylic acids is 1. The highest BCUT2D eigenvalue weighted by atomic mass is 16.5. The van der Waals surface area contributed by atoms with Gasteiger partial charge in [0.25, 0.3) is 0 Å². The normalized spacial score (nSPS) is 28.9. The Morgan fingerprint density at radius 1 is 1.38 bits per heavy atom. The zero-order valence-corrected chi connectivity index (χ0v) is 14.5. The summed E-state index contributed by atoms with van der Waals surface area (Å²) in [5.74, 6) is 1.61. The van der Waals surface area contributed by atoms with Gasteiger partial charge in [-0.25, -0.2) is 4.79 Å². The van der Waals surface area contributed by atoms with Crippen molar-refractivity contribution < 1.29 is 14.4 Å². The minimum atomic E-state index is -0.338. The summed E-state index contributed by atoms with van der Waals surface area (Å²) >= 11 is 0. The summed E-state index contributed by atoms with van der Waals surface area (Å²) in [4.78, 5) is 16.7. The maximum absolute atomic E-state index is 12.3. The number of aliphatic hydroxyl groups excluding tert-OH is 1. The quantitative estimate of drug-likeness (QED) is 0.767. The van der Waals surface area contributed by atoms with Gasteiger partial charge in [-0.1, -0.05) is 31.3 Å². The van der Waals surface area contributed by atoms with Crippen LogP contribution in [0, 0.1) is 5.41 Å². The summed E-state index contributed by atoms with van der Waals surface area (Å²) in [6.07, 6.45) is 7.51. The summed E-state index contributed by atoms with van der Waals surface area (Å²) in [6, 6.07) is -0.601. The number of nitrogens with zero attached hydrogens (tertiary/aromatic N) is 2. The third-order valence-corrected chi connectivity index (χ3v) is 5.64. The molecule has 3 atom stereocenters. The van der Waals surface area contributed by atoms with Gasteiger partial charge in [0.1, 0.15) is 6.04 Å². The highest BCUT2D eigenvalue weighted by molar-refractivity contribution is 5.74. The van der Waals surface area contributed by atoms with Crippen molar-refractivity contribution in [2.24, 2.45) is 5.41 Å². The van der Waals surface area contributed by atoms with Crippen molar-refractivity contribution in [3.05, 3.63) is 11.7 Å². The lowest BCUT2D eigenvalue weighted by atomic mass is 9.86. The molecule has 3 rings (SSSR count). The number of urea groups is 1. The van der Waals surface area contributed by atoms with Crippen LogP contribution in [-0.2, 0) is 0 Å². The summed E-state index contributed by atoms with van der Waals surface area (Å²) in [5, 5.41) is 19.5. The number of aromatic nitrogens is 2. The van der Waals surface area contributed by atoms with E-state index >= 15 is 0 Å². The molecule has 2 amide bonds. The van der Waals surface area contributed by atoms with Gasteiger partial charge in [0, 0.05) is 17.4 Å². The van der Waals surface area contributed by atoms with Gasteiger partial charge in [-0.15, -0.1) is 0 Å². The first-order valence-corrected chi connectivity index (χ1v) is 9.03. The molecule has 1 heterocycles. The van der Waals surface area contributed by atoms with Crippen LogP contribution in [0.15, 0.2) is 4.52 Å². The highest BCUT2D eigenvalue weighted by Gasteiger charge is 2.39.